The average Bonchev–Trinajstić information content (AvgIpc) is 3.37. The molecule has 0 amide bonds. The van der Waals surface area contributed by atoms with Crippen LogP contribution in [0.5, 0.6) is 17.4 Å². The van der Waals surface area contributed by atoms with Crippen LogP contribution in [0.15, 0.2) is 48.8 Å². The maximum atomic E-state index is 9.28. The monoisotopic (exact) mass is 439 g/mol. The van der Waals surface area contributed by atoms with Crippen LogP contribution in [0.4, 0.5) is 0 Å². The van der Waals surface area contributed by atoms with E-state index in [-0.39, 0.29) is 12.7 Å². The van der Waals surface area contributed by atoms with Crippen molar-refractivity contribution in [2.45, 2.75) is 44.9 Å². The lowest BCUT2D eigenvalue weighted by molar-refractivity contribution is 0.0798. The van der Waals surface area contributed by atoms with Crippen LogP contribution in [0.25, 0.3) is 11.3 Å². The second kappa shape index (κ2) is 9.21. The van der Waals surface area contributed by atoms with Crippen LogP contribution in [0.1, 0.15) is 5.56 Å². The third-order valence-corrected chi connectivity index (χ3v) is 6.87. The highest BCUT2D eigenvalue weighted by Gasteiger charge is 2.22. The summed E-state index contributed by atoms with van der Waals surface area (Å²) in [5, 5.41) is 13.7. The van der Waals surface area contributed by atoms with Gasteiger partial charge in [0.1, 0.15) is 24.3 Å². The van der Waals surface area contributed by atoms with Crippen LogP contribution in [-0.2, 0) is 17.9 Å². The van der Waals surface area contributed by atoms with E-state index in [2.05, 4.69) is 29.7 Å². The summed E-state index contributed by atoms with van der Waals surface area (Å²) >= 11 is 0. The van der Waals surface area contributed by atoms with Crippen molar-refractivity contribution < 1.29 is 19.3 Å². The summed E-state index contributed by atoms with van der Waals surface area (Å²) in [6, 6.07) is 12.6. The Morgan fingerprint density at radius 1 is 1.19 bits per heavy atom. The number of fused-ring (bicyclic) bond motifs is 1. The SMILES string of the molecule is C[Si](C)(C)CCOCn1nccc1-c1ccc(Oc2ccc3c(c2)OC(CO)C3)nc1. The Bertz CT molecular complexity index is 1010. The molecular formula is C23H29N3O4Si. The fourth-order valence-electron chi connectivity index (χ4n) is 3.37. The standard InChI is InChI=1S/C23H29N3O4Si/c1-31(2,3)11-10-28-16-26-21(8-9-25-26)18-5-7-23(24-14-18)30-19-6-4-17-12-20(15-27)29-22(17)13-19/h4-9,13-14,20,27H,10-12,15-16H2,1-3H3. The summed E-state index contributed by atoms with van der Waals surface area (Å²) in [5.74, 6) is 1.91. The molecule has 1 aromatic carbocycles. The van der Waals surface area contributed by atoms with Crippen molar-refractivity contribution in [3.63, 3.8) is 0 Å². The number of ether oxygens (including phenoxy) is 3. The average molecular weight is 440 g/mol. The first-order valence-electron chi connectivity index (χ1n) is 10.6. The van der Waals surface area contributed by atoms with Gasteiger partial charge < -0.3 is 19.3 Å². The van der Waals surface area contributed by atoms with E-state index < -0.39 is 8.07 Å². The molecule has 0 aliphatic carbocycles. The highest BCUT2D eigenvalue weighted by atomic mass is 28.3. The number of aliphatic hydroxyl groups excluding tert-OH is 1. The number of aromatic nitrogens is 3. The van der Waals surface area contributed by atoms with Crippen LogP contribution in [-0.4, -0.2) is 47.3 Å². The first kappa shape index (κ1) is 21.5. The van der Waals surface area contributed by atoms with Crippen molar-refractivity contribution in [2.75, 3.05) is 13.2 Å². The van der Waals surface area contributed by atoms with Crippen LogP contribution >= 0.6 is 0 Å². The summed E-state index contributed by atoms with van der Waals surface area (Å²) in [5.41, 5.74) is 2.98. The van der Waals surface area contributed by atoms with E-state index in [4.69, 9.17) is 14.2 Å². The van der Waals surface area contributed by atoms with Crippen molar-refractivity contribution in [2.24, 2.45) is 0 Å². The molecule has 1 aliphatic heterocycles. The third-order valence-electron chi connectivity index (χ3n) is 5.16. The molecule has 3 heterocycles. The van der Waals surface area contributed by atoms with E-state index in [9.17, 15) is 5.11 Å². The summed E-state index contributed by atoms with van der Waals surface area (Å²) in [6.07, 6.45) is 4.09. The van der Waals surface area contributed by atoms with Gasteiger partial charge in [-0.2, -0.15) is 5.10 Å². The first-order chi connectivity index (χ1) is 14.9. The van der Waals surface area contributed by atoms with Crippen LogP contribution in [0.3, 0.4) is 0 Å². The molecule has 3 aromatic rings. The zero-order valence-electron chi connectivity index (χ0n) is 18.2. The molecule has 2 aromatic heterocycles. The Kier molecular flexibility index (Phi) is 6.40. The van der Waals surface area contributed by atoms with Crippen LogP contribution in [0, 0.1) is 0 Å². The van der Waals surface area contributed by atoms with Crippen LogP contribution in [0.2, 0.25) is 25.7 Å². The predicted octanol–water partition coefficient (Wildman–Crippen LogP) is 4.35. The van der Waals surface area contributed by atoms with Gasteiger partial charge >= 0.3 is 0 Å². The smallest absolute Gasteiger partial charge is 0.219 e. The molecule has 0 saturated heterocycles. The Morgan fingerprint density at radius 2 is 2.06 bits per heavy atom. The van der Waals surface area contributed by atoms with Gasteiger partial charge in [-0.3, -0.25) is 0 Å². The molecule has 0 saturated carbocycles. The Balaban J connectivity index is 1.38. The molecule has 1 N–H and O–H groups in total. The molecule has 4 rings (SSSR count). The largest absolute Gasteiger partial charge is 0.487 e. The van der Waals surface area contributed by atoms with Crippen molar-refractivity contribution >= 4 is 8.07 Å². The zero-order valence-corrected chi connectivity index (χ0v) is 19.2. The molecule has 1 aliphatic rings. The fourth-order valence-corrected chi connectivity index (χ4v) is 4.12. The van der Waals surface area contributed by atoms with Gasteiger partial charge in [0, 0.05) is 51.2 Å². The lowest BCUT2D eigenvalue weighted by Crippen LogP contribution is -2.22. The van der Waals surface area contributed by atoms with Gasteiger partial charge in [0.25, 0.3) is 0 Å². The molecule has 0 radical (unpaired) electrons. The van der Waals surface area contributed by atoms with E-state index >= 15 is 0 Å². The zero-order chi connectivity index (χ0) is 21.8. The Morgan fingerprint density at radius 3 is 2.81 bits per heavy atom. The first-order valence-corrected chi connectivity index (χ1v) is 14.3. The summed E-state index contributed by atoms with van der Waals surface area (Å²) in [6.45, 7) is 8.21. The van der Waals surface area contributed by atoms with Gasteiger partial charge in [0.2, 0.25) is 5.88 Å². The van der Waals surface area contributed by atoms with E-state index in [1.54, 1.807) is 12.4 Å². The van der Waals surface area contributed by atoms with E-state index in [1.165, 1.54) is 0 Å². The minimum absolute atomic E-state index is 0.00777. The van der Waals surface area contributed by atoms with Crippen LogP contribution < -0.4 is 9.47 Å². The predicted molar refractivity (Wildman–Crippen MR) is 121 cm³/mol. The highest BCUT2D eigenvalue weighted by Crippen LogP contribution is 2.34. The maximum Gasteiger partial charge on any atom is 0.219 e. The Hall–Kier alpha value is -2.68. The molecule has 31 heavy (non-hydrogen) atoms. The molecule has 164 valence electrons. The third kappa shape index (κ3) is 5.52. The lowest BCUT2D eigenvalue weighted by Gasteiger charge is -2.16. The quantitative estimate of drug-likeness (QED) is 0.395. The van der Waals surface area contributed by atoms with Crippen molar-refractivity contribution in [1.29, 1.82) is 0 Å². The number of rotatable bonds is 9. The van der Waals surface area contributed by atoms with E-state index in [0.717, 1.165) is 35.2 Å². The second-order valence-corrected chi connectivity index (χ2v) is 14.6. The molecule has 1 atom stereocenters. The number of nitrogens with zero attached hydrogens (tertiary/aromatic N) is 3. The van der Waals surface area contributed by atoms with Crippen molar-refractivity contribution in [3.05, 3.63) is 54.4 Å². The molecule has 0 bridgehead atoms. The van der Waals surface area contributed by atoms with Gasteiger partial charge in [-0.15, -0.1) is 0 Å². The summed E-state index contributed by atoms with van der Waals surface area (Å²) in [7, 11) is -1.10. The number of aliphatic hydroxyl groups is 1. The minimum atomic E-state index is -1.10. The fraction of sp³-hybridized carbons (Fsp3) is 0.391. The summed E-state index contributed by atoms with van der Waals surface area (Å²) in [4.78, 5) is 4.45. The lowest BCUT2D eigenvalue weighted by atomic mass is 10.1. The highest BCUT2D eigenvalue weighted by molar-refractivity contribution is 6.76. The molecule has 0 fully saturated rings. The molecule has 1 unspecified atom stereocenters. The number of hydrogen-bond acceptors (Lipinski definition) is 6. The topological polar surface area (TPSA) is 78.6 Å². The van der Waals surface area contributed by atoms with Crippen molar-refractivity contribution in [1.82, 2.24) is 14.8 Å². The molecule has 7 nitrogen and oxygen atoms in total. The maximum absolute atomic E-state index is 9.28. The number of benzene rings is 1. The molecular weight excluding hydrogens is 410 g/mol. The van der Waals surface area contributed by atoms with Gasteiger partial charge in [0.05, 0.1) is 12.3 Å². The molecule has 8 heteroatoms. The van der Waals surface area contributed by atoms with E-state index in [1.807, 2.05) is 41.1 Å². The Labute approximate surface area is 183 Å². The second-order valence-electron chi connectivity index (χ2n) is 8.95. The van der Waals surface area contributed by atoms with Gasteiger partial charge in [-0.05, 0) is 29.8 Å². The van der Waals surface area contributed by atoms with Gasteiger partial charge in [-0.25, -0.2) is 9.67 Å². The van der Waals surface area contributed by atoms with Crippen molar-refractivity contribution in [3.8, 4) is 28.6 Å². The molecule has 0 spiro atoms. The normalized spacial score (nSPS) is 15.5. The summed E-state index contributed by atoms with van der Waals surface area (Å²) < 4.78 is 19.3. The number of pyridine rings is 1. The number of hydrogen-bond donors (Lipinski definition) is 1. The minimum Gasteiger partial charge on any atom is -0.487 e. The van der Waals surface area contributed by atoms with E-state index in [0.29, 0.717) is 24.8 Å². The van der Waals surface area contributed by atoms with Gasteiger partial charge in [-0.1, -0.05) is 25.7 Å². The van der Waals surface area contributed by atoms with Gasteiger partial charge in [0.15, 0.2) is 0 Å².